The molecule has 1 atom stereocenters. The Balaban J connectivity index is 1.82. The first-order chi connectivity index (χ1) is 12.6. The molecule has 0 saturated carbocycles. The van der Waals surface area contributed by atoms with Crippen LogP contribution in [0.4, 0.5) is 0 Å². The van der Waals surface area contributed by atoms with E-state index in [9.17, 15) is 0 Å². The minimum absolute atomic E-state index is 0.0291. The Morgan fingerprint density at radius 1 is 1.08 bits per heavy atom. The summed E-state index contributed by atoms with van der Waals surface area (Å²) in [5, 5.41) is 4.11. The normalized spacial score (nSPS) is 18.2. The Hall–Kier alpha value is -2.43. The number of nitrogens with zero attached hydrogens (tertiary/aromatic N) is 2. The van der Waals surface area contributed by atoms with E-state index in [2.05, 4.69) is 59.6 Å². The lowest BCUT2D eigenvalue weighted by molar-refractivity contribution is 0.0554. The maximum atomic E-state index is 6.27. The highest BCUT2D eigenvalue weighted by molar-refractivity contribution is 5.69. The second-order valence-electron chi connectivity index (χ2n) is 7.01. The molecule has 2 heterocycles. The molecule has 0 fully saturated rings. The van der Waals surface area contributed by atoms with Gasteiger partial charge in [-0.1, -0.05) is 47.6 Å². The maximum Gasteiger partial charge on any atom is 0.141 e. The smallest absolute Gasteiger partial charge is 0.141 e. The first-order valence-corrected chi connectivity index (χ1v) is 9.04. The summed E-state index contributed by atoms with van der Waals surface area (Å²) in [4.78, 5) is 2.30. The Morgan fingerprint density at radius 2 is 1.88 bits per heavy atom. The monoisotopic (exact) mass is 348 g/mol. The van der Waals surface area contributed by atoms with E-state index in [0.717, 1.165) is 42.3 Å². The van der Waals surface area contributed by atoms with E-state index >= 15 is 0 Å². The van der Waals surface area contributed by atoms with Crippen molar-refractivity contribution in [3.8, 4) is 11.1 Å². The van der Waals surface area contributed by atoms with Crippen LogP contribution in [0.15, 0.2) is 53.1 Å². The van der Waals surface area contributed by atoms with Crippen LogP contribution in [0.2, 0.25) is 0 Å². The first-order valence-electron chi connectivity index (χ1n) is 9.04. The lowest BCUT2D eigenvalue weighted by atomic mass is 9.92. The van der Waals surface area contributed by atoms with Gasteiger partial charge in [0.25, 0.3) is 0 Å². The molecule has 0 spiro atoms. The van der Waals surface area contributed by atoms with Gasteiger partial charge in [-0.3, -0.25) is 4.90 Å². The molecule has 2 aromatic carbocycles. The van der Waals surface area contributed by atoms with Gasteiger partial charge in [0, 0.05) is 18.7 Å². The Kier molecular flexibility index (Phi) is 4.62. The van der Waals surface area contributed by atoms with Gasteiger partial charge in [-0.2, -0.15) is 0 Å². The van der Waals surface area contributed by atoms with Crippen LogP contribution in [-0.4, -0.2) is 30.3 Å². The molecule has 26 heavy (non-hydrogen) atoms. The van der Waals surface area contributed by atoms with Crippen molar-refractivity contribution in [1.29, 1.82) is 0 Å². The third kappa shape index (κ3) is 3.18. The van der Waals surface area contributed by atoms with E-state index in [-0.39, 0.29) is 6.10 Å². The average Bonchev–Trinajstić information content (AvgIpc) is 2.97. The van der Waals surface area contributed by atoms with Gasteiger partial charge in [0.05, 0.1) is 12.3 Å². The molecule has 0 aliphatic carbocycles. The Bertz CT molecular complexity index is 882. The largest absolute Gasteiger partial charge is 0.367 e. The number of ether oxygens (including phenoxy) is 1. The molecule has 4 nitrogen and oxygen atoms in total. The number of hydrogen-bond donors (Lipinski definition) is 0. The van der Waals surface area contributed by atoms with Crippen molar-refractivity contribution in [2.75, 3.05) is 20.2 Å². The summed E-state index contributed by atoms with van der Waals surface area (Å²) in [6.07, 6.45) is -0.0291. The summed E-state index contributed by atoms with van der Waals surface area (Å²) in [7, 11) is 2.14. The van der Waals surface area contributed by atoms with Crippen LogP contribution in [0.1, 0.15) is 34.2 Å². The van der Waals surface area contributed by atoms with Gasteiger partial charge in [0.2, 0.25) is 0 Å². The molecule has 0 bridgehead atoms. The molecule has 0 amide bonds. The Labute approximate surface area is 154 Å². The number of fused-ring (bicyclic) bond motifs is 1. The third-order valence-electron chi connectivity index (χ3n) is 5.05. The van der Waals surface area contributed by atoms with Crippen LogP contribution in [0.3, 0.4) is 0 Å². The van der Waals surface area contributed by atoms with Gasteiger partial charge in [-0.15, -0.1) is 0 Å². The van der Waals surface area contributed by atoms with Gasteiger partial charge >= 0.3 is 0 Å². The van der Waals surface area contributed by atoms with Crippen molar-refractivity contribution >= 4 is 0 Å². The predicted molar refractivity (Wildman–Crippen MR) is 102 cm³/mol. The van der Waals surface area contributed by atoms with Gasteiger partial charge in [0.1, 0.15) is 11.9 Å². The molecule has 1 aliphatic heterocycles. The zero-order chi connectivity index (χ0) is 18.1. The van der Waals surface area contributed by atoms with Crippen LogP contribution in [-0.2, 0) is 11.3 Å². The molecule has 0 N–H and O–H groups in total. The van der Waals surface area contributed by atoms with Crippen molar-refractivity contribution < 1.29 is 9.26 Å². The summed E-state index contributed by atoms with van der Waals surface area (Å²) in [5.41, 5.74) is 6.90. The zero-order valence-corrected chi connectivity index (χ0v) is 15.5. The number of aryl methyl sites for hydroxylation is 2. The lowest BCUT2D eigenvalue weighted by Gasteiger charge is -2.29. The van der Waals surface area contributed by atoms with Crippen molar-refractivity contribution in [3.63, 3.8) is 0 Å². The molecular weight excluding hydrogens is 324 g/mol. The van der Waals surface area contributed by atoms with E-state index in [1.165, 1.54) is 16.7 Å². The molecule has 1 aliphatic rings. The highest BCUT2D eigenvalue weighted by Gasteiger charge is 2.23. The molecule has 4 rings (SSSR count). The van der Waals surface area contributed by atoms with E-state index in [0.29, 0.717) is 0 Å². The minimum Gasteiger partial charge on any atom is -0.367 e. The average molecular weight is 348 g/mol. The SMILES string of the molecule is Cc1noc(C)c1-c1ccc2c(c1)CN(C)CCOC2c1ccccc1. The van der Waals surface area contributed by atoms with Crippen molar-refractivity contribution in [3.05, 3.63) is 76.7 Å². The lowest BCUT2D eigenvalue weighted by Crippen LogP contribution is -2.27. The summed E-state index contributed by atoms with van der Waals surface area (Å²) in [6, 6.07) is 17.1. The maximum absolute atomic E-state index is 6.27. The molecule has 0 saturated heterocycles. The molecule has 134 valence electrons. The summed E-state index contributed by atoms with van der Waals surface area (Å²) in [5.74, 6) is 0.859. The van der Waals surface area contributed by atoms with Crippen LogP contribution in [0.5, 0.6) is 0 Å². The zero-order valence-electron chi connectivity index (χ0n) is 15.5. The summed E-state index contributed by atoms with van der Waals surface area (Å²) in [6.45, 7) is 6.50. The molecule has 1 unspecified atom stereocenters. The van der Waals surface area contributed by atoms with E-state index in [1.54, 1.807) is 0 Å². The second kappa shape index (κ2) is 7.06. The van der Waals surface area contributed by atoms with Gasteiger partial charge in [0.15, 0.2) is 0 Å². The van der Waals surface area contributed by atoms with Crippen LogP contribution in [0, 0.1) is 13.8 Å². The van der Waals surface area contributed by atoms with E-state index in [1.807, 2.05) is 19.9 Å². The van der Waals surface area contributed by atoms with Crippen LogP contribution >= 0.6 is 0 Å². The number of benzene rings is 2. The highest BCUT2D eigenvalue weighted by atomic mass is 16.5. The second-order valence-corrected chi connectivity index (χ2v) is 7.01. The number of aromatic nitrogens is 1. The van der Waals surface area contributed by atoms with Crippen molar-refractivity contribution in [2.45, 2.75) is 26.5 Å². The van der Waals surface area contributed by atoms with Crippen LogP contribution in [0.25, 0.3) is 11.1 Å². The first kappa shape index (κ1) is 17.0. The molecule has 0 radical (unpaired) electrons. The fourth-order valence-electron chi connectivity index (χ4n) is 3.74. The number of hydrogen-bond acceptors (Lipinski definition) is 4. The van der Waals surface area contributed by atoms with Crippen molar-refractivity contribution in [1.82, 2.24) is 10.1 Å². The highest BCUT2D eigenvalue weighted by Crippen LogP contribution is 2.35. The standard InChI is InChI=1S/C22H24N2O2/c1-15-21(16(2)26-23-15)18-9-10-20-19(13-18)14-24(3)11-12-25-22(20)17-7-5-4-6-8-17/h4-10,13,22H,11-12,14H2,1-3H3. The fraction of sp³-hybridized carbons (Fsp3) is 0.318. The van der Waals surface area contributed by atoms with Gasteiger partial charge < -0.3 is 9.26 Å². The van der Waals surface area contributed by atoms with Gasteiger partial charge in [-0.05, 0) is 49.2 Å². The predicted octanol–water partition coefficient (Wildman–Crippen LogP) is 4.51. The van der Waals surface area contributed by atoms with Crippen LogP contribution < -0.4 is 0 Å². The summed E-state index contributed by atoms with van der Waals surface area (Å²) < 4.78 is 11.6. The molecule has 1 aromatic heterocycles. The number of rotatable bonds is 2. The third-order valence-corrected chi connectivity index (χ3v) is 5.05. The molecule has 4 heteroatoms. The summed E-state index contributed by atoms with van der Waals surface area (Å²) >= 11 is 0. The number of likely N-dealkylation sites (N-methyl/N-ethyl adjacent to an activating group) is 1. The molecule has 3 aromatic rings. The van der Waals surface area contributed by atoms with Crippen molar-refractivity contribution in [2.24, 2.45) is 0 Å². The van der Waals surface area contributed by atoms with Gasteiger partial charge in [-0.25, -0.2) is 0 Å². The molecular formula is C22H24N2O2. The minimum atomic E-state index is -0.0291. The quantitative estimate of drug-likeness (QED) is 0.683. The fourth-order valence-corrected chi connectivity index (χ4v) is 3.74. The Morgan fingerprint density at radius 3 is 2.62 bits per heavy atom. The topological polar surface area (TPSA) is 38.5 Å². The van der Waals surface area contributed by atoms with E-state index < -0.39 is 0 Å². The van der Waals surface area contributed by atoms with E-state index in [4.69, 9.17) is 9.26 Å².